The molecule has 0 aliphatic carbocycles. The number of hydrogen-bond donors (Lipinski definition) is 1. The van der Waals surface area contributed by atoms with Crippen molar-refractivity contribution in [3.63, 3.8) is 0 Å². The molecule has 104 valence electrons. The first-order valence-electron chi connectivity index (χ1n) is 6.05. The normalized spacial score (nSPS) is 11.0. The minimum Gasteiger partial charge on any atom is -0.457 e. The second-order valence-electron chi connectivity index (χ2n) is 4.03. The first-order valence-corrected chi connectivity index (χ1v) is 7.54. The maximum atomic E-state index is 11.9. The highest BCUT2D eigenvalue weighted by atomic mass is 32.2. The predicted molar refractivity (Wildman–Crippen MR) is 78.3 cm³/mol. The Bertz CT molecular complexity index is 664. The van der Waals surface area contributed by atoms with Crippen LogP contribution in [0.25, 0.3) is 0 Å². The van der Waals surface area contributed by atoms with Crippen molar-refractivity contribution in [1.82, 2.24) is 4.72 Å². The monoisotopic (exact) mass is 289 g/mol. The van der Waals surface area contributed by atoms with Gasteiger partial charge in [0.2, 0.25) is 10.0 Å². The van der Waals surface area contributed by atoms with Crippen molar-refractivity contribution in [1.29, 1.82) is 0 Å². The van der Waals surface area contributed by atoms with Gasteiger partial charge >= 0.3 is 0 Å². The van der Waals surface area contributed by atoms with Crippen LogP contribution in [0.5, 0.6) is 11.5 Å². The number of benzene rings is 2. The molecule has 0 bridgehead atoms. The summed E-state index contributed by atoms with van der Waals surface area (Å²) in [7, 11) is -3.49. The Hall–Kier alpha value is -2.11. The summed E-state index contributed by atoms with van der Waals surface area (Å²) in [5.74, 6) is 1.28. The van der Waals surface area contributed by atoms with E-state index in [0.29, 0.717) is 11.5 Å². The van der Waals surface area contributed by atoms with Gasteiger partial charge in [0.15, 0.2) is 0 Å². The number of hydrogen-bond acceptors (Lipinski definition) is 3. The lowest BCUT2D eigenvalue weighted by Crippen LogP contribution is -2.23. The van der Waals surface area contributed by atoms with E-state index in [1.807, 2.05) is 30.3 Å². The highest BCUT2D eigenvalue weighted by Gasteiger charge is 2.12. The topological polar surface area (TPSA) is 55.4 Å². The summed E-state index contributed by atoms with van der Waals surface area (Å²) in [5.41, 5.74) is 0. The number of sulfonamides is 1. The molecule has 0 atom stereocenters. The van der Waals surface area contributed by atoms with Crippen molar-refractivity contribution in [2.45, 2.75) is 4.90 Å². The van der Waals surface area contributed by atoms with E-state index in [9.17, 15) is 8.42 Å². The molecule has 0 heterocycles. The van der Waals surface area contributed by atoms with Crippen LogP contribution in [0.4, 0.5) is 0 Å². The molecule has 0 aliphatic rings. The Morgan fingerprint density at radius 1 is 1.00 bits per heavy atom. The minimum absolute atomic E-state index is 0.194. The molecule has 4 nitrogen and oxygen atoms in total. The second-order valence-corrected chi connectivity index (χ2v) is 5.79. The number of rotatable bonds is 6. The van der Waals surface area contributed by atoms with Crippen molar-refractivity contribution in [2.24, 2.45) is 0 Å². The largest absolute Gasteiger partial charge is 0.457 e. The molecule has 0 radical (unpaired) electrons. The van der Waals surface area contributed by atoms with Gasteiger partial charge in [-0.05, 0) is 36.4 Å². The van der Waals surface area contributed by atoms with Gasteiger partial charge in [0, 0.05) is 6.54 Å². The lowest BCUT2D eigenvalue weighted by Gasteiger charge is -2.07. The zero-order chi connectivity index (χ0) is 14.4. The molecule has 0 fully saturated rings. The van der Waals surface area contributed by atoms with Crippen molar-refractivity contribution < 1.29 is 13.2 Å². The molecular formula is C15H15NO3S. The SMILES string of the molecule is C=CCNS(=O)(=O)c1ccc(Oc2ccccc2)cc1. The molecule has 0 unspecified atom stereocenters. The minimum atomic E-state index is -3.49. The molecule has 1 N–H and O–H groups in total. The van der Waals surface area contributed by atoms with Gasteiger partial charge in [-0.3, -0.25) is 0 Å². The maximum absolute atomic E-state index is 11.9. The Labute approximate surface area is 118 Å². The molecule has 0 saturated carbocycles. The van der Waals surface area contributed by atoms with Crippen molar-refractivity contribution in [3.05, 3.63) is 67.3 Å². The zero-order valence-electron chi connectivity index (χ0n) is 10.8. The Kier molecular flexibility index (Phi) is 4.55. The molecule has 0 amide bonds. The van der Waals surface area contributed by atoms with Gasteiger partial charge in [-0.25, -0.2) is 13.1 Å². The Morgan fingerprint density at radius 3 is 2.20 bits per heavy atom. The average molecular weight is 289 g/mol. The second kappa shape index (κ2) is 6.36. The predicted octanol–water partition coefficient (Wildman–Crippen LogP) is 2.94. The summed E-state index contributed by atoms with van der Waals surface area (Å²) < 4.78 is 31.7. The van der Waals surface area contributed by atoms with Crippen LogP contribution in [0.3, 0.4) is 0 Å². The summed E-state index contributed by atoms with van der Waals surface area (Å²) in [5, 5.41) is 0. The van der Waals surface area contributed by atoms with Gasteiger partial charge in [0.1, 0.15) is 11.5 Å². The van der Waals surface area contributed by atoms with Crippen LogP contribution in [-0.2, 0) is 10.0 Å². The average Bonchev–Trinajstić information content (AvgIpc) is 2.47. The summed E-state index contributed by atoms with van der Waals surface area (Å²) >= 11 is 0. The lowest BCUT2D eigenvalue weighted by atomic mass is 10.3. The van der Waals surface area contributed by atoms with Gasteiger partial charge in [0.05, 0.1) is 4.90 Å². The molecule has 0 aliphatic heterocycles. The summed E-state index contributed by atoms with van der Waals surface area (Å²) in [6.07, 6.45) is 1.49. The fourth-order valence-electron chi connectivity index (χ4n) is 1.56. The molecule has 2 rings (SSSR count). The van der Waals surface area contributed by atoms with Crippen molar-refractivity contribution in [2.75, 3.05) is 6.54 Å². The molecule has 20 heavy (non-hydrogen) atoms. The third kappa shape index (κ3) is 3.69. The van der Waals surface area contributed by atoms with Crippen LogP contribution in [0, 0.1) is 0 Å². The first kappa shape index (κ1) is 14.3. The van der Waals surface area contributed by atoms with E-state index in [2.05, 4.69) is 11.3 Å². The van der Waals surface area contributed by atoms with Crippen LogP contribution in [0.2, 0.25) is 0 Å². The van der Waals surface area contributed by atoms with Gasteiger partial charge in [-0.2, -0.15) is 0 Å². The molecule has 5 heteroatoms. The highest BCUT2D eigenvalue weighted by Crippen LogP contribution is 2.22. The fraction of sp³-hybridized carbons (Fsp3) is 0.0667. The van der Waals surface area contributed by atoms with Crippen LogP contribution in [0.1, 0.15) is 0 Å². The molecule has 0 saturated heterocycles. The van der Waals surface area contributed by atoms with Crippen molar-refractivity contribution in [3.8, 4) is 11.5 Å². The van der Waals surface area contributed by atoms with Crippen LogP contribution in [-0.4, -0.2) is 15.0 Å². The van der Waals surface area contributed by atoms with E-state index < -0.39 is 10.0 Å². The van der Waals surface area contributed by atoms with Gasteiger partial charge in [-0.15, -0.1) is 6.58 Å². The third-order valence-electron chi connectivity index (χ3n) is 2.53. The summed E-state index contributed by atoms with van der Waals surface area (Å²) in [6.45, 7) is 3.67. The third-order valence-corrected chi connectivity index (χ3v) is 3.97. The number of nitrogens with one attached hydrogen (secondary N) is 1. The van der Waals surface area contributed by atoms with E-state index in [1.165, 1.54) is 18.2 Å². The molecule has 2 aromatic carbocycles. The molecule has 0 aromatic heterocycles. The van der Waals surface area contributed by atoms with Crippen molar-refractivity contribution >= 4 is 10.0 Å². The number of para-hydroxylation sites is 1. The Balaban J connectivity index is 2.12. The van der Waals surface area contributed by atoms with E-state index >= 15 is 0 Å². The highest BCUT2D eigenvalue weighted by molar-refractivity contribution is 7.89. The summed E-state index contributed by atoms with van der Waals surface area (Å²) in [4.78, 5) is 0.194. The molecular weight excluding hydrogens is 274 g/mol. The smallest absolute Gasteiger partial charge is 0.240 e. The fourth-order valence-corrected chi connectivity index (χ4v) is 2.56. The van der Waals surface area contributed by atoms with Crippen LogP contribution < -0.4 is 9.46 Å². The van der Waals surface area contributed by atoms with E-state index in [0.717, 1.165) is 0 Å². The van der Waals surface area contributed by atoms with E-state index in [-0.39, 0.29) is 11.4 Å². The van der Waals surface area contributed by atoms with E-state index in [4.69, 9.17) is 4.74 Å². The lowest BCUT2D eigenvalue weighted by molar-refractivity contribution is 0.482. The van der Waals surface area contributed by atoms with Gasteiger partial charge in [-0.1, -0.05) is 24.3 Å². The number of ether oxygens (including phenoxy) is 1. The molecule has 0 spiro atoms. The van der Waals surface area contributed by atoms with E-state index in [1.54, 1.807) is 12.1 Å². The summed E-state index contributed by atoms with van der Waals surface area (Å²) in [6, 6.07) is 15.5. The first-order chi connectivity index (χ1) is 9.62. The zero-order valence-corrected chi connectivity index (χ0v) is 11.6. The van der Waals surface area contributed by atoms with Gasteiger partial charge < -0.3 is 4.74 Å². The quantitative estimate of drug-likeness (QED) is 0.832. The standard InChI is InChI=1S/C15H15NO3S/c1-2-12-16-20(17,18)15-10-8-14(9-11-15)19-13-6-4-3-5-7-13/h2-11,16H,1,12H2. The molecule has 2 aromatic rings. The maximum Gasteiger partial charge on any atom is 0.240 e. The van der Waals surface area contributed by atoms with Gasteiger partial charge in [0.25, 0.3) is 0 Å². The van der Waals surface area contributed by atoms with Crippen LogP contribution >= 0.6 is 0 Å². The Morgan fingerprint density at radius 2 is 1.60 bits per heavy atom. The van der Waals surface area contributed by atoms with Crippen LogP contribution in [0.15, 0.2) is 72.1 Å².